The van der Waals surface area contributed by atoms with Crippen molar-refractivity contribution in [2.24, 2.45) is 5.73 Å². The Balaban J connectivity index is 3.10. The maximum atomic E-state index is 13.0. The first-order chi connectivity index (χ1) is 7.23. The summed E-state index contributed by atoms with van der Waals surface area (Å²) in [6.07, 6.45) is -0.952. The van der Waals surface area contributed by atoms with E-state index in [0.717, 1.165) is 13.0 Å². The van der Waals surface area contributed by atoms with Crippen molar-refractivity contribution in [3.63, 3.8) is 0 Å². The number of halogens is 3. The van der Waals surface area contributed by atoms with E-state index in [-0.39, 0.29) is 10.6 Å². The third-order valence-corrected chi connectivity index (χ3v) is 2.65. The molecule has 5 heteroatoms. The molecule has 0 amide bonds. The van der Waals surface area contributed by atoms with Crippen LogP contribution < -0.4 is 5.73 Å². The maximum Gasteiger partial charge on any atom is 0.270 e. The molecule has 2 unspecified atom stereocenters. The predicted molar refractivity (Wildman–Crippen MR) is 59.6 cm³/mol. The maximum absolute atomic E-state index is 13.0. The van der Waals surface area contributed by atoms with E-state index < -0.39 is 18.1 Å². The van der Waals surface area contributed by atoms with Crippen molar-refractivity contribution in [2.75, 3.05) is 0 Å². The van der Waals surface area contributed by atoms with Gasteiger partial charge in [0.25, 0.3) is 5.92 Å². The van der Waals surface area contributed by atoms with Gasteiger partial charge in [0.05, 0.1) is 6.10 Å². The Kier molecular flexibility index (Phi) is 3.88. The van der Waals surface area contributed by atoms with Crippen LogP contribution in [0.4, 0.5) is 8.78 Å². The van der Waals surface area contributed by atoms with Gasteiger partial charge in [0.1, 0.15) is 0 Å². The van der Waals surface area contributed by atoms with E-state index in [2.05, 4.69) is 0 Å². The van der Waals surface area contributed by atoms with E-state index in [9.17, 15) is 13.9 Å². The molecule has 90 valence electrons. The highest BCUT2D eigenvalue weighted by molar-refractivity contribution is 6.31. The van der Waals surface area contributed by atoms with Crippen molar-refractivity contribution >= 4 is 11.6 Å². The Labute approximate surface area is 98.0 Å². The molecule has 1 rings (SSSR count). The highest BCUT2D eigenvalue weighted by atomic mass is 35.5. The first-order valence-electron chi connectivity index (χ1n) is 4.85. The van der Waals surface area contributed by atoms with E-state index in [0.29, 0.717) is 5.56 Å². The summed E-state index contributed by atoms with van der Waals surface area (Å²) in [6.45, 7) is 2.41. The number of hydrogen-bond acceptors (Lipinski definition) is 2. The number of benzene rings is 1. The zero-order valence-electron chi connectivity index (χ0n) is 9.05. The van der Waals surface area contributed by atoms with Crippen LogP contribution in [0.3, 0.4) is 0 Å². The normalized spacial score (nSPS) is 15.9. The van der Waals surface area contributed by atoms with E-state index in [1.165, 1.54) is 12.1 Å². The molecule has 0 radical (unpaired) electrons. The Hall–Kier alpha value is -0.710. The molecule has 2 atom stereocenters. The fourth-order valence-corrected chi connectivity index (χ4v) is 1.62. The van der Waals surface area contributed by atoms with Gasteiger partial charge < -0.3 is 10.8 Å². The topological polar surface area (TPSA) is 46.2 Å². The monoisotopic (exact) mass is 249 g/mol. The molecule has 2 nitrogen and oxygen atoms in total. The number of aliphatic hydroxyl groups excluding tert-OH is 1. The molecule has 0 spiro atoms. The number of rotatable bonds is 3. The third-order valence-electron chi connectivity index (χ3n) is 2.32. The average Bonchev–Trinajstić information content (AvgIpc) is 2.15. The van der Waals surface area contributed by atoms with Crippen LogP contribution in [0.1, 0.15) is 31.1 Å². The van der Waals surface area contributed by atoms with Crippen LogP contribution in [0.2, 0.25) is 5.02 Å². The lowest BCUT2D eigenvalue weighted by Gasteiger charge is -2.18. The van der Waals surface area contributed by atoms with Crippen LogP contribution in [0.15, 0.2) is 18.2 Å². The zero-order valence-corrected chi connectivity index (χ0v) is 9.80. The summed E-state index contributed by atoms with van der Waals surface area (Å²) in [5, 5.41) is 9.78. The second-order valence-electron chi connectivity index (χ2n) is 3.93. The molecule has 1 aromatic rings. The highest BCUT2D eigenvalue weighted by Crippen LogP contribution is 2.32. The molecule has 0 bridgehead atoms. The molecule has 16 heavy (non-hydrogen) atoms. The van der Waals surface area contributed by atoms with Gasteiger partial charge in [0.2, 0.25) is 0 Å². The standard InChI is InChI=1S/C11H14ClF2NO/c1-6(15)10(16)8-4-3-7(5-9(8)12)11(2,13)14/h3-6,10,16H,15H2,1-2H3. The quantitative estimate of drug-likeness (QED) is 0.865. The zero-order chi connectivity index (χ0) is 12.5. The number of hydrogen-bond donors (Lipinski definition) is 2. The predicted octanol–water partition coefficient (Wildman–Crippen LogP) is 2.83. The Bertz CT molecular complexity index is 377. The summed E-state index contributed by atoms with van der Waals surface area (Å²) < 4.78 is 26.0. The van der Waals surface area contributed by atoms with Gasteiger partial charge in [0, 0.05) is 29.1 Å². The van der Waals surface area contributed by atoms with Gasteiger partial charge in [-0.25, -0.2) is 8.78 Å². The lowest BCUT2D eigenvalue weighted by atomic mass is 10.0. The van der Waals surface area contributed by atoms with Crippen LogP contribution >= 0.6 is 11.6 Å². The Morgan fingerprint density at radius 1 is 1.44 bits per heavy atom. The van der Waals surface area contributed by atoms with Gasteiger partial charge >= 0.3 is 0 Å². The molecule has 0 aliphatic carbocycles. The summed E-state index contributed by atoms with van der Waals surface area (Å²) in [6, 6.07) is 3.27. The van der Waals surface area contributed by atoms with Gasteiger partial charge in [-0.15, -0.1) is 0 Å². The van der Waals surface area contributed by atoms with Crippen LogP contribution in [-0.4, -0.2) is 11.1 Å². The van der Waals surface area contributed by atoms with E-state index in [1.54, 1.807) is 6.92 Å². The first-order valence-corrected chi connectivity index (χ1v) is 5.22. The van der Waals surface area contributed by atoms with E-state index in [4.69, 9.17) is 17.3 Å². The molecule has 0 fully saturated rings. The van der Waals surface area contributed by atoms with Crippen molar-refractivity contribution in [1.82, 2.24) is 0 Å². The van der Waals surface area contributed by atoms with Gasteiger partial charge in [-0.2, -0.15) is 0 Å². The summed E-state index contributed by atoms with van der Waals surface area (Å²) >= 11 is 5.83. The smallest absolute Gasteiger partial charge is 0.270 e. The number of aliphatic hydroxyl groups is 1. The molecule has 0 aliphatic heterocycles. The summed E-state index contributed by atoms with van der Waals surface area (Å²) in [5.74, 6) is -2.94. The highest BCUT2D eigenvalue weighted by Gasteiger charge is 2.26. The van der Waals surface area contributed by atoms with E-state index >= 15 is 0 Å². The van der Waals surface area contributed by atoms with Crippen molar-refractivity contribution in [3.05, 3.63) is 34.3 Å². The minimum Gasteiger partial charge on any atom is -0.387 e. The Morgan fingerprint density at radius 2 is 2.00 bits per heavy atom. The van der Waals surface area contributed by atoms with Crippen LogP contribution in [-0.2, 0) is 5.92 Å². The van der Waals surface area contributed by atoms with Gasteiger partial charge in [0.15, 0.2) is 0 Å². The van der Waals surface area contributed by atoms with Crippen LogP contribution in [0, 0.1) is 0 Å². The van der Waals surface area contributed by atoms with Gasteiger partial charge in [-0.3, -0.25) is 0 Å². The average molecular weight is 250 g/mol. The molecule has 3 N–H and O–H groups in total. The largest absolute Gasteiger partial charge is 0.387 e. The Morgan fingerprint density at radius 3 is 2.38 bits per heavy atom. The molecule has 1 aromatic carbocycles. The first kappa shape index (κ1) is 13.4. The number of alkyl halides is 2. The second-order valence-corrected chi connectivity index (χ2v) is 4.34. The molecular formula is C11H14ClF2NO. The molecule has 0 heterocycles. The second kappa shape index (κ2) is 4.65. The SMILES string of the molecule is CC(N)C(O)c1ccc(C(C)(F)F)cc1Cl. The molecule has 0 aliphatic rings. The molecular weight excluding hydrogens is 236 g/mol. The lowest BCUT2D eigenvalue weighted by Crippen LogP contribution is -2.24. The van der Waals surface area contributed by atoms with Gasteiger partial charge in [-0.05, 0) is 13.0 Å². The summed E-state index contributed by atoms with van der Waals surface area (Å²) in [7, 11) is 0. The van der Waals surface area contributed by atoms with Crippen molar-refractivity contribution < 1.29 is 13.9 Å². The van der Waals surface area contributed by atoms with E-state index in [1.807, 2.05) is 0 Å². The lowest BCUT2D eigenvalue weighted by molar-refractivity contribution is 0.0174. The molecule has 0 saturated carbocycles. The molecule has 0 aromatic heterocycles. The van der Waals surface area contributed by atoms with Gasteiger partial charge in [-0.1, -0.05) is 23.7 Å². The van der Waals surface area contributed by atoms with Crippen molar-refractivity contribution in [2.45, 2.75) is 31.9 Å². The molecule has 0 saturated heterocycles. The number of nitrogens with two attached hydrogens (primary N) is 1. The van der Waals surface area contributed by atoms with Crippen LogP contribution in [0.5, 0.6) is 0 Å². The minimum absolute atomic E-state index is 0.101. The minimum atomic E-state index is -2.94. The third kappa shape index (κ3) is 2.90. The fraction of sp³-hybridized carbons (Fsp3) is 0.455. The summed E-state index contributed by atoms with van der Waals surface area (Å²) in [5.41, 5.74) is 5.69. The fourth-order valence-electron chi connectivity index (χ4n) is 1.32. The van der Waals surface area contributed by atoms with Crippen LogP contribution in [0.25, 0.3) is 0 Å². The summed E-state index contributed by atoms with van der Waals surface area (Å²) in [4.78, 5) is 0. The van der Waals surface area contributed by atoms with Crippen molar-refractivity contribution in [1.29, 1.82) is 0 Å². The van der Waals surface area contributed by atoms with Crippen molar-refractivity contribution in [3.8, 4) is 0 Å².